The van der Waals surface area contributed by atoms with Crippen LogP contribution in [0.25, 0.3) is 0 Å². The Kier molecular flexibility index (Phi) is 6.84. The average molecular weight is 544 g/mol. The fraction of sp³-hybridized carbons (Fsp3) is 0.444. The van der Waals surface area contributed by atoms with E-state index in [1.165, 1.54) is 18.2 Å². The zero-order chi connectivity index (χ0) is 28.4. The minimum absolute atomic E-state index is 0.00600. The van der Waals surface area contributed by atoms with Gasteiger partial charge in [0, 0.05) is 47.6 Å². The minimum Gasteiger partial charge on any atom is -0.507 e. The van der Waals surface area contributed by atoms with Gasteiger partial charge >= 0.3 is 0 Å². The van der Waals surface area contributed by atoms with Crippen LogP contribution in [0.4, 0.5) is 0 Å². The summed E-state index contributed by atoms with van der Waals surface area (Å²) >= 11 is 0. The van der Waals surface area contributed by atoms with Gasteiger partial charge < -0.3 is 45.8 Å². The van der Waals surface area contributed by atoms with Gasteiger partial charge in [0.2, 0.25) is 0 Å². The van der Waals surface area contributed by atoms with Crippen molar-refractivity contribution in [2.24, 2.45) is 5.73 Å². The Bertz CT molecular complexity index is 1380. The molecule has 1 saturated heterocycles. The molecule has 8 N–H and O–H groups in total. The summed E-state index contributed by atoms with van der Waals surface area (Å²) in [6.45, 7) is -0.0137. The highest BCUT2D eigenvalue weighted by Gasteiger charge is 2.50. The van der Waals surface area contributed by atoms with Crippen molar-refractivity contribution in [3.05, 3.63) is 57.1 Å². The summed E-state index contributed by atoms with van der Waals surface area (Å²) in [7, 11) is 0. The molecule has 3 aliphatic rings. The topological polar surface area (TPSA) is 217 Å². The number of ketones is 3. The summed E-state index contributed by atoms with van der Waals surface area (Å²) in [5, 5.41) is 63.4. The summed E-state index contributed by atoms with van der Waals surface area (Å²) < 4.78 is 11.7. The molecule has 2 aromatic rings. The van der Waals surface area contributed by atoms with Crippen molar-refractivity contribution in [1.82, 2.24) is 0 Å². The molecule has 1 aliphatic heterocycles. The lowest BCUT2D eigenvalue weighted by atomic mass is 9.71. The second kappa shape index (κ2) is 9.75. The molecule has 0 radical (unpaired) electrons. The van der Waals surface area contributed by atoms with Crippen LogP contribution in [0.5, 0.6) is 11.5 Å². The SMILES string of the molecule is C[C@H]1O[C@H](O[C@H]2C[C@](O)(C(=O)CO)Cc3c(O)c4c(c(O)c32)C(=O)c2c(CO)cccc2C4=O)CC(N)C1O. The van der Waals surface area contributed by atoms with Crippen LogP contribution < -0.4 is 5.73 Å². The summed E-state index contributed by atoms with van der Waals surface area (Å²) in [5.74, 6) is -4.00. The van der Waals surface area contributed by atoms with Crippen LogP contribution in [0.15, 0.2) is 18.2 Å². The maximum Gasteiger partial charge on any atom is 0.198 e. The summed E-state index contributed by atoms with van der Waals surface area (Å²) in [6, 6.07) is 3.53. The van der Waals surface area contributed by atoms with Gasteiger partial charge in [-0.15, -0.1) is 0 Å². The number of fused-ring (bicyclic) bond motifs is 3. The summed E-state index contributed by atoms with van der Waals surface area (Å²) in [5.41, 5.74) is 2.35. The zero-order valence-electron chi connectivity index (χ0n) is 21.0. The van der Waals surface area contributed by atoms with Crippen molar-refractivity contribution in [2.75, 3.05) is 6.61 Å². The van der Waals surface area contributed by atoms with Gasteiger partial charge in [-0.3, -0.25) is 14.4 Å². The number of phenolic OH excluding ortho intramolecular Hbond substituents is 2. The van der Waals surface area contributed by atoms with E-state index in [1.54, 1.807) is 6.92 Å². The van der Waals surface area contributed by atoms with Crippen molar-refractivity contribution in [3.63, 3.8) is 0 Å². The predicted octanol–water partition coefficient (Wildman–Crippen LogP) is -0.515. The molecule has 0 saturated carbocycles. The third kappa shape index (κ3) is 4.16. The first-order valence-electron chi connectivity index (χ1n) is 12.5. The Morgan fingerprint density at radius 3 is 2.46 bits per heavy atom. The van der Waals surface area contributed by atoms with E-state index >= 15 is 0 Å². The van der Waals surface area contributed by atoms with E-state index in [-0.39, 0.29) is 34.2 Å². The number of nitrogens with two attached hydrogens (primary N) is 1. The smallest absolute Gasteiger partial charge is 0.198 e. The summed E-state index contributed by atoms with van der Waals surface area (Å²) in [4.78, 5) is 39.7. The van der Waals surface area contributed by atoms with E-state index in [1.807, 2.05) is 0 Å². The van der Waals surface area contributed by atoms with Gasteiger partial charge in [-0.1, -0.05) is 18.2 Å². The Morgan fingerprint density at radius 1 is 1.13 bits per heavy atom. The maximum atomic E-state index is 13.6. The van der Waals surface area contributed by atoms with Crippen molar-refractivity contribution in [2.45, 2.75) is 69.0 Å². The Hall–Kier alpha value is -3.23. The van der Waals surface area contributed by atoms with Crippen LogP contribution in [0.3, 0.4) is 0 Å². The van der Waals surface area contributed by atoms with E-state index < -0.39 is 102 Å². The number of aromatic hydroxyl groups is 2. The Labute approximate surface area is 222 Å². The second-order valence-corrected chi connectivity index (χ2v) is 10.3. The Morgan fingerprint density at radius 2 is 1.82 bits per heavy atom. The van der Waals surface area contributed by atoms with Gasteiger partial charge in [-0.2, -0.15) is 0 Å². The molecule has 1 fully saturated rings. The summed E-state index contributed by atoms with van der Waals surface area (Å²) in [6.07, 6.45) is -5.21. The molecule has 2 unspecified atom stereocenters. The van der Waals surface area contributed by atoms with Crippen LogP contribution >= 0.6 is 0 Å². The monoisotopic (exact) mass is 543 g/mol. The molecule has 208 valence electrons. The molecule has 0 bridgehead atoms. The number of Topliss-reactive ketones (excluding diaryl/α,β-unsaturated/α-hetero) is 1. The number of phenols is 2. The molecule has 0 aromatic heterocycles. The highest BCUT2D eigenvalue weighted by Crippen LogP contribution is 2.52. The highest BCUT2D eigenvalue weighted by atomic mass is 16.7. The average Bonchev–Trinajstić information content (AvgIpc) is 2.90. The standard InChI is InChI=1S/C27H29NO11/c1-10-22(32)14(28)5-17(38-10)39-15-7-27(37,16(31)9-30)6-13-19(15)26(36)21-20(24(13)34)23(33)12-4-2-3-11(8-29)18(12)25(21)35/h2-4,10,14-15,17,22,29-30,32,34,36-37H,5-9,28H2,1H3/t10-,14?,15+,17-,22?,27+/m1/s1. The van der Waals surface area contributed by atoms with E-state index in [2.05, 4.69) is 0 Å². The molecule has 1 heterocycles. The number of aliphatic hydroxyl groups excluding tert-OH is 3. The molecule has 12 heteroatoms. The number of benzene rings is 2. The van der Waals surface area contributed by atoms with Crippen LogP contribution in [0.2, 0.25) is 0 Å². The highest BCUT2D eigenvalue weighted by molar-refractivity contribution is 6.31. The lowest BCUT2D eigenvalue weighted by molar-refractivity contribution is -0.247. The van der Waals surface area contributed by atoms with Gasteiger partial charge in [0.15, 0.2) is 23.6 Å². The van der Waals surface area contributed by atoms with Crippen LogP contribution in [-0.2, 0) is 27.3 Å². The fourth-order valence-corrected chi connectivity index (χ4v) is 5.81. The van der Waals surface area contributed by atoms with Crippen LogP contribution in [0.1, 0.15) is 74.4 Å². The van der Waals surface area contributed by atoms with Crippen molar-refractivity contribution >= 4 is 17.3 Å². The van der Waals surface area contributed by atoms with E-state index in [0.717, 1.165) is 0 Å². The lowest BCUT2D eigenvalue weighted by Gasteiger charge is -2.42. The molecule has 12 nitrogen and oxygen atoms in total. The maximum absolute atomic E-state index is 13.6. The normalized spacial score (nSPS) is 29.9. The lowest BCUT2D eigenvalue weighted by Crippen LogP contribution is -2.53. The van der Waals surface area contributed by atoms with Gasteiger partial charge in [-0.25, -0.2) is 0 Å². The number of ether oxygens (including phenoxy) is 2. The molecule has 5 rings (SSSR count). The third-order valence-electron chi connectivity index (χ3n) is 7.88. The second-order valence-electron chi connectivity index (χ2n) is 10.3. The van der Waals surface area contributed by atoms with Crippen LogP contribution in [-0.4, -0.2) is 84.7 Å². The molecule has 2 aliphatic carbocycles. The Balaban J connectivity index is 1.69. The minimum atomic E-state index is -2.25. The third-order valence-corrected chi connectivity index (χ3v) is 7.88. The molecule has 0 amide bonds. The predicted molar refractivity (Wildman–Crippen MR) is 131 cm³/mol. The van der Waals surface area contributed by atoms with E-state index in [9.17, 15) is 45.0 Å². The van der Waals surface area contributed by atoms with Crippen molar-refractivity contribution < 1.29 is 54.5 Å². The molecule has 6 atom stereocenters. The number of carbonyl (C=O) groups is 3. The number of carbonyl (C=O) groups excluding carboxylic acids is 3. The zero-order valence-corrected chi connectivity index (χ0v) is 21.0. The van der Waals surface area contributed by atoms with Gasteiger partial charge in [0.05, 0.1) is 36.0 Å². The van der Waals surface area contributed by atoms with Gasteiger partial charge in [-0.05, 0) is 12.5 Å². The van der Waals surface area contributed by atoms with Gasteiger partial charge in [0.1, 0.15) is 23.7 Å². The van der Waals surface area contributed by atoms with Crippen molar-refractivity contribution in [3.8, 4) is 11.5 Å². The molecule has 39 heavy (non-hydrogen) atoms. The molecular formula is C27H29NO11. The molecule has 0 spiro atoms. The molecule has 2 aromatic carbocycles. The van der Waals surface area contributed by atoms with E-state index in [4.69, 9.17) is 15.2 Å². The first-order chi connectivity index (χ1) is 18.4. The van der Waals surface area contributed by atoms with E-state index in [0.29, 0.717) is 0 Å². The van der Waals surface area contributed by atoms with Crippen molar-refractivity contribution in [1.29, 1.82) is 0 Å². The van der Waals surface area contributed by atoms with Crippen LogP contribution in [0, 0.1) is 0 Å². The fourth-order valence-electron chi connectivity index (χ4n) is 5.81. The first-order valence-corrected chi connectivity index (χ1v) is 12.5. The van der Waals surface area contributed by atoms with Gasteiger partial charge in [0.25, 0.3) is 0 Å². The largest absolute Gasteiger partial charge is 0.507 e. The number of hydrogen-bond acceptors (Lipinski definition) is 12. The first kappa shape index (κ1) is 27.3. The number of aliphatic hydroxyl groups is 4. The quantitative estimate of drug-likeness (QED) is 0.202. The molecular weight excluding hydrogens is 514 g/mol. The number of hydrogen-bond donors (Lipinski definition) is 7. The number of rotatable bonds is 5.